The predicted molar refractivity (Wildman–Crippen MR) is 72.8 cm³/mol. The highest BCUT2D eigenvalue weighted by Crippen LogP contribution is 2.28. The molecule has 19 heavy (non-hydrogen) atoms. The van der Waals surface area contributed by atoms with Crippen LogP contribution in [0.25, 0.3) is 0 Å². The van der Waals surface area contributed by atoms with Gasteiger partial charge in [-0.2, -0.15) is 15.0 Å². The second-order valence-corrected chi connectivity index (χ2v) is 4.90. The van der Waals surface area contributed by atoms with Crippen molar-refractivity contribution < 1.29 is 9.47 Å². The van der Waals surface area contributed by atoms with Crippen LogP contribution in [0.15, 0.2) is 0 Å². The topological polar surface area (TPSA) is 60.4 Å². The summed E-state index contributed by atoms with van der Waals surface area (Å²) in [7, 11) is 1.89. The van der Waals surface area contributed by atoms with E-state index < -0.39 is 0 Å². The Hall–Kier alpha value is -1.14. The van der Waals surface area contributed by atoms with Crippen molar-refractivity contribution in [1.82, 2.24) is 15.0 Å². The van der Waals surface area contributed by atoms with Gasteiger partial charge in [0.2, 0.25) is 11.2 Å². The van der Waals surface area contributed by atoms with Gasteiger partial charge in [0.1, 0.15) is 0 Å². The fraction of sp³-hybridized carbons (Fsp3) is 0.750. The summed E-state index contributed by atoms with van der Waals surface area (Å²) in [5, 5.41) is 0.138. The van der Waals surface area contributed by atoms with Gasteiger partial charge >= 0.3 is 6.01 Å². The van der Waals surface area contributed by atoms with Gasteiger partial charge in [-0.15, -0.1) is 0 Å². The van der Waals surface area contributed by atoms with Crippen LogP contribution in [0.3, 0.4) is 0 Å². The minimum absolute atomic E-state index is 0.138. The third-order valence-corrected chi connectivity index (χ3v) is 2.98. The first-order valence-electron chi connectivity index (χ1n) is 6.52. The summed E-state index contributed by atoms with van der Waals surface area (Å²) in [5.74, 6) is 1.28. The van der Waals surface area contributed by atoms with Gasteiger partial charge in [0, 0.05) is 20.2 Å². The van der Waals surface area contributed by atoms with E-state index in [1.54, 1.807) is 0 Å². The second kappa shape index (κ2) is 6.86. The molecule has 0 bridgehead atoms. The maximum absolute atomic E-state index is 5.84. The summed E-state index contributed by atoms with van der Waals surface area (Å²) in [4.78, 5) is 14.0. The smallest absolute Gasteiger partial charge is 0.322 e. The minimum Gasteiger partial charge on any atom is -0.464 e. The van der Waals surface area contributed by atoms with E-state index in [0.29, 0.717) is 25.7 Å². The molecular formula is C12H19ClN4O2. The SMILES string of the molecule is CCOc1nc(Cl)nc(N(C)CCOCC2CC2)n1. The summed E-state index contributed by atoms with van der Waals surface area (Å²) < 4.78 is 10.8. The largest absolute Gasteiger partial charge is 0.464 e. The first-order valence-corrected chi connectivity index (χ1v) is 6.90. The molecule has 7 heteroatoms. The normalized spacial score (nSPS) is 14.5. The molecule has 2 rings (SSSR count). The molecule has 1 heterocycles. The van der Waals surface area contributed by atoms with Crippen LogP contribution in [0.4, 0.5) is 5.95 Å². The van der Waals surface area contributed by atoms with Crippen LogP contribution in [0, 0.1) is 5.92 Å². The molecule has 1 aromatic rings. The maximum atomic E-state index is 5.84. The zero-order valence-electron chi connectivity index (χ0n) is 11.3. The number of aromatic nitrogens is 3. The monoisotopic (exact) mass is 286 g/mol. The molecule has 0 atom stereocenters. The zero-order valence-corrected chi connectivity index (χ0v) is 12.1. The van der Waals surface area contributed by atoms with E-state index >= 15 is 0 Å². The van der Waals surface area contributed by atoms with Gasteiger partial charge in [-0.3, -0.25) is 0 Å². The summed E-state index contributed by atoms with van der Waals surface area (Å²) in [6.45, 7) is 4.58. The molecule has 0 unspecified atom stereocenters. The van der Waals surface area contributed by atoms with Gasteiger partial charge in [0.05, 0.1) is 13.2 Å². The van der Waals surface area contributed by atoms with E-state index in [9.17, 15) is 0 Å². The van der Waals surface area contributed by atoms with Crippen molar-refractivity contribution in [3.8, 4) is 6.01 Å². The molecule has 0 saturated heterocycles. The summed E-state index contributed by atoms with van der Waals surface area (Å²) in [6, 6.07) is 0.253. The molecule has 1 saturated carbocycles. The van der Waals surface area contributed by atoms with Gasteiger partial charge in [0.15, 0.2) is 0 Å². The van der Waals surface area contributed by atoms with Crippen molar-refractivity contribution in [1.29, 1.82) is 0 Å². The third-order valence-electron chi connectivity index (χ3n) is 2.81. The minimum atomic E-state index is 0.138. The Morgan fingerprint density at radius 3 is 2.79 bits per heavy atom. The molecule has 0 radical (unpaired) electrons. The lowest BCUT2D eigenvalue weighted by Crippen LogP contribution is -2.25. The average molecular weight is 287 g/mol. The predicted octanol–water partition coefficient (Wildman–Crippen LogP) is 1.79. The third kappa shape index (κ3) is 4.80. The van der Waals surface area contributed by atoms with E-state index in [4.69, 9.17) is 21.1 Å². The average Bonchev–Trinajstić information content (AvgIpc) is 3.18. The molecular weight excluding hydrogens is 268 g/mol. The Bertz CT molecular complexity index is 415. The van der Waals surface area contributed by atoms with Gasteiger partial charge in [-0.25, -0.2) is 0 Å². The molecule has 1 aliphatic rings. The van der Waals surface area contributed by atoms with Crippen molar-refractivity contribution in [3.05, 3.63) is 5.28 Å². The second-order valence-electron chi connectivity index (χ2n) is 4.56. The van der Waals surface area contributed by atoms with Crippen molar-refractivity contribution in [2.24, 2.45) is 5.92 Å². The quantitative estimate of drug-likeness (QED) is 0.679. The van der Waals surface area contributed by atoms with Crippen LogP contribution in [-0.4, -0.2) is 48.4 Å². The number of anilines is 1. The zero-order chi connectivity index (χ0) is 13.7. The van der Waals surface area contributed by atoms with Crippen molar-refractivity contribution >= 4 is 17.5 Å². The lowest BCUT2D eigenvalue weighted by molar-refractivity contribution is 0.130. The molecule has 1 aromatic heterocycles. The summed E-state index contributed by atoms with van der Waals surface area (Å²) in [6.07, 6.45) is 2.60. The van der Waals surface area contributed by atoms with E-state index in [2.05, 4.69) is 15.0 Å². The molecule has 1 aliphatic carbocycles. The lowest BCUT2D eigenvalue weighted by atomic mass is 10.5. The molecule has 6 nitrogen and oxygen atoms in total. The Balaban J connectivity index is 1.83. The summed E-state index contributed by atoms with van der Waals surface area (Å²) in [5.41, 5.74) is 0. The van der Waals surface area contributed by atoms with E-state index in [0.717, 1.165) is 12.5 Å². The Morgan fingerprint density at radius 1 is 1.32 bits per heavy atom. The number of likely N-dealkylation sites (N-methyl/N-ethyl adjacent to an activating group) is 1. The van der Waals surface area contributed by atoms with Crippen LogP contribution in [0.5, 0.6) is 6.01 Å². The van der Waals surface area contributed by atoms with Gasteiger partial charge in [-0.05, 0) is 37.3 Å². The summed E-state index contributed by atoms with van der Waals surface area (Å²) >= 11 is 5.84. The number of nitrogens with zero attached hydrogens (tertiary/aromatic N) is 4. The van der Waals surface area contributed by atoms with Gasteiger partial charge in [-0.1, -0.05) is 0 Å². The Morgan fingerprint density at radius 2 is 2.11 bits per heavy atom. The number of ether oxygens (including phenoxy) is 2. The molecule has 0 N–H and O–H groups in total. The fourth-order valence-electron chi connectivity index (χ4n) is 1.52. The number of hydrogen-bond donors (Lipinski definition) is 0. The molecule has 0 spiro atoms. The van der Waals surface area contributed by atoms with E-state index in [-0.39, 0.29) is 11.3 Å². The molecule has 0 aliphatic heterocycles. The number of rotatable bonds is 8. The maximum Gasteiger partial charge on any atom is 0.322 e. The number of hydrogen-bond acceptors (Lipinski definition) is 6. The molecule has 1 fully saturated rings. The van der Waals surface area contributed by atoms with Crippen molar-refractivity contribution in [2.45, 2.75) is 19.8 Å². The highest BCUT2D eigenvalue weighted by molar-refractivity contribution is 6.28. The molecule has 0 amide bonds. The van der Waals surface area contributed by atoms with Crippen LogP contribution in [0.2, 0.25) is 5.28 Å². The highest BCUT2D eigenvalue weighted by Gasteiger charge is 2.21. The molecule has 106 valence electrons. The Labute approximate surface area is 118 Å². The van der Waals surface area contributed by atoms with Gasteiger partial charge in [0.25, 0.3) is 0 Å². The first kappa shape index (κ1) is 14.3. The van der Waals surface area contributed by atoms with Crippen LogP contribution < -0.4 is 9.64 Å². The number of halogens is 1. The van der Waals surface area contributed by atoms with Crippen molar-refractivity contribution in [3.63, 3.8) is 0 Å². The standard InChI is InChI=1S/C12H19ClN4O2/c1-3-19-12-15-10(13)14-11(16-12)17(2)6-7-18-8-9-4-5-9/h9H,3-8H2,1-2H3. The van der Waals surface area contributed by atoms with Gasteiger partial charge < -0.3 is 14.4 Å². The highest BCUT2D eigenvalue weighted by atomic mass is 35.5. The fourth-order valence-corrected chi connectivity index (χ4v) is 1.67. The first-order chi connectivity index (χ1) is 9.19. The Kier molecular flexibility index (Phi) is 5.15. The lowest BCUT2D eigenvalue weighted by Gasteiger charge is -2.17. The van der Waals surface area contributed by atoms with E-state index in [1.807, 2.05) is 18.9 Å². The molecule has 0 aromatic carbocycles. The van der Waals surface area contributed by atoms with Crippen LogP contribution >= 0.6 is 11.6 Å². The van der Waals surface area contributed by atoms with Crippen LogP contribution in [-0.2, 0) is 4.74 Å². The van der Waals surface area contributed by atoms with Crippen molar-refractivity contribution in [2.75, 3.05) is 38.3 Å². The van der Waals surface area contributed by atoms with E-state index in [1.165, 1.54) is 12.8 Å². The van der Waals surface area contributed by atoms with Crippen LogP contribution in [0.1, 0.15) is 19.8 Å².